The Kier molecular flexibility index (Phi) is 6.67. The number of ether oxygens (including phenoxy) is 1. The average molecular weight is 442 g/mol. The van der Waals surface area contributed by atoms with Gasteiger partial charge in [-0.3, -0.25) is 0 Å². The van der Waals surface area contributed by atoms with Crippen LogP contribution in [0.4, 0.5) is 18.0 Å². The van der Waals surface area contributed by atoms with E-state index in [2.05, 4.69) is 4.72 Å². The van der Waals surface area contributed by atoms with E-state index in [0.29, 0.717) is 31.7 Å². The Morgan fingerprint density at radius 2 is 1.63 bits per heavy atom. The smallest absolute Gasteiger partial charge is 0.410 e. The normalized spacial score (nSPS) is 15.8. The molecule has 0 aliphatic carbocycles. The van der Waals surface area contributed by atoms with Crippen LogP contribution in [0.5, 0.6) is 5.75 Å². The summed E-state index contributed by atoms with van der Waals surface area (Å²) in [6.45, 7) is 1.00. The van der Waals surface area contributed by atoms with Gasteiger partial charge in [0.05, 0.1) is 10.5 Å². The molecule has 2 aromatic rings. The Bertz CT molecular complexity index is 956. The first kappa shape index (κ1) is 22.1. The number of carbonyl (C=O) groups is 1. The first-order valence-electron chi connectivity index (χ1n) is 9.34. The summed E-state index contributed by atoms with van der Waals surface area (Å²) in [5.74, 6) is 0.462. The maximum Gasteiger partial charge on any atom is 0.416 e. The van der Waals surface area contributed by atoms with Crippen LogP contribution >= 0.6 is 0 Å². The highest BCUT2D eigenvalue weighted by Crippen LogP contribution is 2.29. The summed E-state index contributed by atoms with van der Waals surface area (Å²) in [6, 6.07) is 12.1. The molecular formula is C20H21F3N2O4S. The molecule has 6 nitrogen and oxygen atoms in total. The van der Waals surface area contributed by atoms with Gasteiger partial charge in [0.1, 0.15) is 5.75 Å². The monoisotopic (exact) mass is 442 g/mol. The highest BCUT2D eigenvalue weighted by molar-refractivity contribution is 7.89. The molecule has 3 rings (SSSR count). The Morgan fingerprint density at radius 1 is 1.03 bits per heavy atom. The molecule has 0 aromatic heterocycles. The van der Waals surface area contributed by atoms with Crippen molar-refractivity contribution in [3.63, 3.8) is 0 Å². The van der Waals surface area contributed by atoms with Crippen molar-refractivity contribution in [3.8, 4) is 5.75 Å². The van der Waals surface area contributed by atoms with Gasteiger partial charge in [-0.2, -0.15) is 13.2 Å². The van der Waals surface area contributed by atoms with Gasteiger partial charge in [0.2, 0.25) is 10.0 Å². The second-order valence-electron chi connectivity index (χ2n) is 6.99. The number of carbonyl (C=O) groups excluding carboxylic acids is 1. The third-order valence-electron chi connectivity index (χ3n) is 4.88. The lowest BCUT2D eigenvalue weighted by molar-refractivity contribution is -0.137. The second-order valence-corrected chi connectivity index (χ2v) is 8.75. The van der Waals surface area contributed by atoms with Crippen molar-refractivity contribution >= 4 is 16.1 Å². The second kappa shape index (κ2) is 9.05. The van der Waals surface area contributed by atoms with Crippen molar-refractivity contribution < 1.29 is 31.1 Å². The summed E-state index contributed by atoms with van der Waals surface area (Å²) in [7, 11) is -3.92. The lowest BCUT2D eigenvalue weighted by atomic mass is 9.97. The largest absolute Gasteiger partial charge is 0.416 e. The number of amides is 1. The maximum atomic E-state index is 12.6. The summed E-state index contributed by atoms with van der Waals surface area (Å²) < 4.78 is 70.2. The molecule has 0 atom stereocenters. The van der Waals surface area contributed by atoms with Crippen LogP contribution in [0.15, 0.2) is 59.5 Å². The number of para-hydroxylation sites is 1. The number of piperidine rings is 1. The van der Waals surface area contributed by atoms with Crippen molar-refractivity contribution in [1.29, 1.82) is 0 Å². The highest BCUT2D eigenvalue weighted by atomic mass is 32.2. The zero-order valence-corrected chi connectivity index (χ0v) is 16.7. The summed E-state index contributed by atoms with van der Waals surface area (Å²) in [5, 5.41) is 0. The molecule has 0 spiro atoms. The van der Waals surface area contributed by atoms with E-state index in [1.807, 2.05) is 6.07 Å². The molecule has 1 saturated heterocycles. The van der Waals surface area contributed by atoms with Crippen molar-refractivity contribution in [2.75, 3.05) is 19.6 Å². The lowest BCUT2D eigenvalue weighted by Gasteiger charge is -2.31. The number of nitrogens with one attached hydrogen (secondary N) is 1. The zero-order valence-electron chi connectivity index (χ0n) is 15.9. The third kappa shape index (κ3) is 5.73. The molecule has 1 fully saturated rings. The fourth-order valence-electron chi connectivity index (χ4n) is 3.11. The van der Waals surface area contributed by atoms with E-state index in [4.69, 9.17) is 4.74 Å². The molecule has 1 aliphatic heterocycles. The van der Waals surface area contributed by atoms with E-state index in [-0.39, 0.29) is 17.4 Å². The number of likely N-dealkylation sites (tertiary alicyclic amines) is 1. The van der Waals surface area contributed by atoms with E-state index in [1.54, 1.807) is 29.2 Å². The van der Waals surface area contributed by atoms with Crippen LogP contribution in [0, 0.1) is 5.92 Å². The number of nitrogens with zero attached hydrogens (tertiary/aromatic N) is 1. The van der Waals surface area contributed by atoms with Gasteiger partial charge in [-0.05, 0) is 55.2 Å². The number of sulfonamides is 1. The molecule has 1 amide bonds. The fourth-order valence-corrected chi connectivity index (χ4v) is 4.22. The quantitative estimate of drug-likeness (QED) is 0.762. The molecule has 162 valence electrons. The van der Waals surface area contributed by atoms with Crippen LogP contribution in [0.2, 0.25) is 0 Å². The topological polar surface area (TPSA) is 75.7 Å². The summed E-state index contributed by atoms with van der Waals surface area (Å²) in [5.41, 5.74) is -0.906. The molecule has 30 heavy (non-hydrogen) atoms. The van der Waals surface area contributed by atoms with E-state index in [9.17, 15) is 26.4 Å². The van der Waals surface area contributed by atoms with Crippen molar-refractivity contribution in [2.24, 2.45) is 5.92 Å². The van der Waals surface area contributed by atoms with Gasteiger partial charge in [0.25, 0.3) is 0 Å². The molecule has 0 radical (unpaired) electrons. The Morgan fingerprint density at radius 3 is 2.20 bits per heavy atom. The van der Waals surface area contributed by atoms with Gasteiger partial charge in [0, 0.05) is 19.6 Å². The first-order chi connectivity index (χ1) is 14.1. The van der Waals surface area contributed by atoms with Gasteiger partial charge in [-0.15, -0.1) is 0 Å². The Hall–Kier alpha value is -2.59. The summed E-state index contributed by atoms with van der Waals surface area (Å²) >= 11 is 0. The molecule has 1 heterocycles. The zero-order chi connectivity index (χ0) is 21.8. The minimum Gasteiger partial charge on any atom is -0.410 e. The molecule has 2 aromatic carbocycles. The van der Waals surface area contributed by atoms with E-state index in [0.717, 1.165) is 24.3 Å². The molecule has 0 bridgehead atoms. The van der Waals surface area contributed by atoms with Gasteiger partial charge < -0.3 is 9.64 Å². The van der Waals surface area contributed by atoms with Gasteiger partial charge in [-0.25, -0.2) is 17.9 Å². The average Bonchev–Trinajstić information content (AvgIpc) is 2.73. The van der Waals surface area contributed by atoms with Gasteiger partial charge in [-0.1, -0.05) is 18.2 Å². The van der Waals surface area contributed by atoms with Crippen LogP contribution in [-0.2, 0) is 16.2 Å². The molecule has 0 saturated carbocycles. The molecule has 1 aliphatic rings. The van der Waals surface area contributed by atoms with Gasteiger partial charge >= 0.3 is 12.3 Å². The standard InChI is InChI=1S/C20H21F3N2O4S/c21-20(22,23)16-6-8-18(9-7-16)30(27,28)24-14-15-10-12-25(13-11-15)19(26)29-17-4-2-1-3-5-17/h1-9,15,24H,10-14H2. The molecular weight excluding hydrogens is 421 g/mol. The van der Waals surface area contributed by atoms with Crippen LogP contribution < -0.4 is 9.46 Å². The SMILES string of the molecule is O=C(Oc1ccccc1)N1CCC(CNS(=O)(=O)c2ccc(C(F)(F)F)cc2)CC1. The highest BCUT2D eigenvalue weighted by Gasteiger charge is 2.31. The van der Waals surface area contributed by atoms with Gasteiger partial charge in [0.15, 0.2) is 0 Å². The Balaban J connectivity index is 1.48. The first-order valence-corrected chi connectivity index (χ1v) is 10.8. The van der Waals surface area contributed by atoms with Crippen LogP contribution in [0.3, 0.4) is 0 Å². The third-order valence-corrected chi connectivity index (χ3v) is 6.31. The van der Waals surface area contributed by atoms with Crippen LogP contribution in [-0.4, -0.2) is 39.0 Å². The van der Waals surface area contributed by atoms with Crippen molar-refractivity contribution in [3.05, 3.63) is 60.2 Å². The van der Waals surface area contributed by atoms with E-state index >= 15 is 0 Å². The van der Waals surface area contributed by atoms with Crippen LogP contribution in [0.1, 0.15) is 18.4 Å². The number of hydrogen-bond donors (Lipinski definition) is 1. The maximum absolute atomic E-state index is 12.6. The number of benzene rings is 2. The summed E-state index contributed by atoms with van der Waals surface area (Å²) in [4.78, 5) is 13.5. The lowest BCUT2D eigenvalue weighted by Crippen LogP contribution is -2.42. The summed E-state index contributed by atoms with van der Waals surface area (Å²) in [6.07, 6.45) is -3.81. The minimum atomic E-state index is -4.52. The van der Waals surface area contributed by atoms with E-state index < -0.39 is 27.9 Å². The number of halogens is 3. The molecule has 1 N–H and O–H groups in total. The van der Waals surface area contributed by atoms with E-state index in [1.165, 1.54) is 0 Å². The van der Waals surface area contributed by atoms with Crippen molar-refractivity contribution in [2.45, 2.75) is 23.9 Å². The van der Waals surface area contributed by atoms with Crippen LogP contribution in [0.25, 0.3) is 0 Å². The number of alkyl halides is 3. The predicted octanol–water partition coefficient (Wildman–Crippen LogP) is 3.89. The number of rotatable bonds is 5. The predicted molar refractivity (Wildman–Crippen MR) is 103 cm³/mol. The Labute approximate surface area is 172 Å². The molecule has 0 unspecified atom stereocenters. The fraction of sp³-hybridized carbons (Fsp3) is 0.350. The number of hydrogen-bond acceptors (Lipinski definition) is 4. The minimum absolute atomic E-state index is 0.00926. The molecule has 10 heteroatoms. The van der Waals surface area contributed by atoms with Crippen molar-refractivity contribution in [1.82, 2.24) is 9.62 Å².